The lowest BCUT2D eigenvalue weighted by Crippen LogP contribution is -2.45. The van der Waals surface area contributed by atoms with Gasteiger partial charge in [0.1, 0.15) is 0 Å². The Morgan fingerprint density at radius 3 is 2.25 bits per heavy atom. The SMILES string of the molecule is CC(CN1CCC(CO)(c2ccccc2)CC1)c1ccc(Cl)cc1. The van der Waals surface area contributed by atoms with Crippen molar-refractivity contribution in [1.29, 1.82) is 0 Å². The highest BCUT2D eigenvalue weighted by Gasteiger charge is 2.35. The lowest BCUT2D eigenvalue weighted by atomic mass is 9.73. The van der Waals surface area contributed by atoms with Crippen LogP contribution in [-0.4, -0.2) is 36.2 Å². The van der Waals surface area contributed by atoms with E-state index in [-0.39, 0.29) is 12.0 Å². The van der Waals surface area contributed by atoms with E-state index in [1.165, 1.54) is 11.1 Å². The lowest BCUT2D eigenvalue weighted by Gasteiger charge is -2.42. The number of aliphatic hydroxyl groups is 1. The standard InChI is InChI=1S/C21H26ClNO/c1-17(18-7-9-20(22)10-8-18)15-23-13-11-21(16-24,12-14-23)19-5-3-2-4-6-19/h2-10,17,24H,11-16H2,1H3. The molecule has 1 aliphatic heterocycles. The molecule has 0 amide bonds. The molecule has 0 saturated carbocycles. The number of hydrogen-bond donors (Lipinski definition) is 1. The normalized spacial score (nSPS) is 19.1. The van der Waals surface area contributed by atoms with Crippen LogP contribution >= 0.6 is 11.6 Å². The fourth-order valence-corrected chi connectivity index (χ4v) is 3.90. The molecule has 2 aromatic carbocycles. The van der Waals surface area contributed by atoms with Gasteiger partial charge < -0.3 is 10.0 Å². The van der Waals surface area contributed by atoms with E-state index in [0.29, 0.717) is 5.92 Å². The summed E-state index contributed by atoms with van der Waals surface area (Å²) >= 11 is 5.98. The molecule has 1 fully saturated rings. The molecular formula is C21H26ClNO. The summed E-state index contributed by atoms with van der Waals surface area (Å²) in [7, 11) is 0. The molecule has 3 heteroatoms. The van der Waals surface area contributed by atoms with Crippen LogP contribution in [0.15, 0.2) is 54.6 Å². The van der Waals surface area contributed by atoms with Crippen molar-refractivity contribution < 1.29 is 5.11 Å². The van der Waals surface area contributed by atoms with Crippen molar-refractivity contribution in [2.45, 2.75) is 31.1 Å². The summed E-state index contributed by atoms with van der Waals surface area (Å²) in [6.45, 7) is 5.63. The van der Waals surface area contributed by atoms with Gasteiger partial charge in [0, 0.05) is 17.0 Å². The van der Waals surface area contributed by atoms with Crippen molar-refractivity contribution in [3.8, 4) is 0 Å². The first kappa shape index (κ1) is 17.5. The molecule has 1 saturated heterocycles. The molecule has 2 nitrogen and oxygen atoms in total. The molecule has 1 unspecified atom stereocenters. The molecule has 1 atom stereocenters. The first-order chi connectivity index (χ1) is 11.6. The lowest BCUT2D eigenvalue weighted by molar-refractivity contribution is 0.0984. The third kappa shape index (κ3) is 3.83. The molecule has 0 aliphatic carbocycles. The van der Waals surface area contributed by atoms with Crippen LogP contribution in [0, 0.1) is 0 Å². The van der Waals surface area contributed by atoms with Crippen molar-refractivity contribution >= 4 is 11.6 Å². The quantitative estimate of drug-likeness (QED) is 0.865. The van der Waals surface area contributed by atoms with Gasteiger partial charge in [-0.2, -0.15) is 0 Å². The highest BCUT2D eigenvalue weighted by Crippen LogP contribution is 2.35. The molecule has 0 spiro atoms. The number of likely N-dealkylation sites (tertiary alicyclic amines) is 1. The average molecular weight is 344 g/mol. The molecule has 0 bridgehead atoms. The highest BCUT2D eigenvalue weighted by atomic mass is 35.5. The van der Waals surface area contributed by atoms with Gasteiger partial charge in [-0.15, -0.1) is 0 Å². The smallest absolute Gasteiger partial charge is 0.0528 e. The van der Waals surface area contributed by atoms with Gasteiger partial charge in [0.05, 0.1) is 6.61 Å². The zero-order valence-corrected chi connectivity index (χ0v) is 15.0. The van der Waals surface area contributed by atoms with E-state index in [1.807, 2.05) is 18.2 Å². The van der Waals surface area contributed by atoms with Crippen LogP contribution < -0.4 is 0 Å². The van der Waals surface area contributed by atoms with Gasteiger partial charge in [0.15, 0.2) is 0 Å². The summed E-state index contributed by atoms with van der Waals surface area (Å²) in [4.78, 5) is 2.52. The fourth-order valence-electron chi connectivity index (χ4n) is 3.78. The van der Waals surface area contributed by atoms with Gasteiger partial charge in [-0.3, -0.25) is 0 Å². The zero-order valence-electron chi connectivity index (χ0n) is 14.3. The van der Waals surface area contributed by atoms with Crippen molar-refractivity contribution in [2.24, 2.45) is 0 Å². The second kappa shape index (κ2) is 7.69. The predicted octanol–water partition coefficient (Wildman–Crippen LogP) is 4.47. The van der Waals surface area contributed by atoms with Crippen LogP contribution in [0.2, 0.25) is 5.02 Å². The van der Waals surface area contributed by atoms with E-state index in [1.54, 1.807) is 0 Å². The Hall–Kier alpha value is -1.35. The highest BCUT2D eigenvalue weighted by molar-refractivity contribution is 6.30. The first-order valence-electron chi connectivity index (χ1n) is 8.77. The van der Waals surface area contributed by atoms with E-state index in [2.05, 4.69) is 48.2 Å². The Balaban J connectivity index is 1.61. The molecular weight excluding hydrogens is 318 g/mol. The van der Waals surface area contributed by atoms with Crippen molar-refractivity contribution in [3.63, 3.8) is 0 Å². The van der Waals surface area contributed by atoms with E-state index in [4.69, 9.17) is 11.6 Å². The largest absolute Gasteiger partial charge is 0.395 e. The van der Waals surface area contributed by atoms with Crippen LogP contribution in [0.3, 0.4) is 0 Å². The molecule has 2 aromatic rings. The van der Waals surface area contributed by atoms with Crippen LogP contribution in [0.5, 0.6) is 0 Å². The molecule has 1 heterocycles. The minimum Gasteiger partial charge on any atom is -0.395 e. The minimum absolute atomic E-state index is 0.0682. The number of hydrogen-bond acceptors (Lipinski definition) is 2. The summed E-state index contributed by atoms with van der Waals surface area (Å²) < 4.78 is 0. The van der Waals surface area contributed by atoms with Crippen molar-refractivity contribution in [1.82, 2.24) is 4.90 Å². The number of nitrogens with zero attached hydrogens (tertiary/aromatic N) is 1. The Bertz CT molecular complexity index is 633. The average Bonchev–Trinajstić information content (AvgIpc) is 2.64. The minimum atomic E-state index is -0.0682. The molecule has 128 valence electrons. The summed E-state index contributed by atoms with van der Waals surface area (Å²) in [5, 5.41) is 10.8. The number of aliphatic hydroxyl groups excluding tert-OH is 1. The van der Waals surface area contributed by atoms with Gasteiger partial charge >= 0.3 is 0 Å². The summed E-state index contributed by atoms with van der Waals surface area (Å²) in [6.07, 6.45) is 2.03. The second-order valence-electron chi connectivity index (χ2n) is 7.06. The summed E-state index contributed by atoms with van der Waals surface area (Å²) in [5.41, 5.74) is 2.54. The van der Waals surface area contributed by atoms with E-state index in [9.17, 15) is 5.11 Å². The summed E-state index contributed by atoms with van der Waals surface area (Å²) in [6, 6.07) is 18.7. The Morgan fingerprint density at radius 2 is 1.67 bits per heavy atom. The third-order valence-electron chi connectivity index (χ3n) is 5.47. The number of halogens is 1. The fraction of sp³-hybridized carbons (Fsp3) is 0.429. The maximum atomic E-state index is 10.0. The molecule has 1 aliphatic rings. The number of rotatable bonds is 5. The topological polar surface area (TPSA) is 23.5 Å². The maximum absolute atomic E-state index is 10.0. The third-order valence-corrected chi connectivity index (χ3v) is 5.73. The molecule has 24 heavy (non-hydrogen) atoms. The molecule has 0 aromatic heterocycles. The van der Waals surface area contributed by atoms with Gasteiger partial charge in [-0.1, -0.05) is 61.0 Å². The Morgan fingerprint density at radius 1 is 1.04 bits per heavy atom. The van der Waals surface area contributed by atoms with Gasteiger partial charge in [-0.05, 0) is 55.1 Å². The maximum Gasteiger partial charge on any atom is 0.0528 e. The molecule has 3 rings (SSSR count). The van der Waals surface area contributed by atoms with Gasteiger partial charge in [0.2, 0.25) is 0 Å². The molecule has 0 radical (unpaired) electrons. The van der Waals surface area contributed by atoms with Crippen LogP contribution in [0.4, 0.5) is 0 Å². The second-order valence-corrected chi connectivity index (χ2v) is 7.49. The monoisotopic (exact) mass is 343 g/mol. The van der Waals surface area contributed by atoms with E-state index in [0.717, 1.165) is 37.5 Å². The summed E-state index contributed by atoms with van der Waals surface area (Å²) in [5.74, 6) is 0.487. The predicted molar refractivity (Wildman–Crippen MR) is 101 cm³/mol. The zero-order chi connectivity index (χ0) is 17.0. The van der Waals surface area contributed by atoms with Gasteiger partial charge in [-0.25, -0.2) is 0 Å². The molecule has 1 N–H and O–H groups in total. The van der Waals surface area contributed by atoms with Crippen LogP contribution in [0.25, 0.3) is 0 Å². The van der Waals surface area contributed by atoms with Crippen molar-refractivity contribution in [2.75, 3.05) is 26.2 Å². The Labute approximate surface area is 150 Å². The number of benzene rings is 2. The van der Waals surface area contributed by atoms with Crippen molar-refractivity contribution in [3.05, 3.63) is 70.7 Å². The number of piperidine rings is 1. The van der Waals surface area contributed by atoms with Crippen LogP contribution in [-0.2, 0) is 5.41 Å². The Kier molecular flexibility index (Phi) is 5.60. The van der Waals surface area contributed by atoms with E-state index >= 15 is 0 Å². The van der Waals surface area contributed by atoms with Gasteiger partial charge in [0.25, 0.3) is 0 Å². The van der Waals surface area contributed by atoms with Crippen LogP contribution in [0.1, 0.15) is 36.8 Å². The van der Waals surface area contributed by atoms with E-state index < -0.39 is 0 Å². The first-order valence-corrected chi connectivity index (χ1v) is 9.15.